The first-order valence-electron chi connectivity index (χ1n) is 6.42. The number of nitrogens with one attached hydrogen (secondary N) is 1. The van der Waals surface area contributed by atoms with Gasteiger partial charge in [0.25, 0.3) is 0 Å². The first-order chi connectivity index (χ1) is 8.56. The van der Waals surface area contributed by atoms with Gasteiger partial charge in [-0.25, -0.2) is 13.1 Å². The lowest BCUT2D eigenvalue weighted by Gasteiger charge is -2.29. The highest BCUT2D eigenvalue weighted by molar-refractivity contribution is 7.89. The molecule has 0 saturated carbocycles. The molecule has 3 N–H and O–H groups in total. The van der Waals surface area contributed by atoms with Crippen LogP contribution in [0.15, 0.2) is 23.1 Å². The Bertz CT molecular complexity index is 549. The van der Waals surface area contributed by atoms with Crippen molar-refractivity contribution in [3.8, 4) is 0 Å². The molecule has 0 fully saturated rings. The van der Waals surface area contributed by atoms with Gasteiger partial charge in [0.15, 0.2) is 0 Å². The van der Waals surface area contributed by atoms with Gasteiger partial charge in [-0.3, -0.25) is 0 Å². The van der Waals surface area contributed by atoms with Gasteiger partial charge in [-0.1, -0.05) is 33.8 Å². The third-order valence-electron chi connectivity index (χ3n) is 3.74. The fourth-order valence-electron chi connectivity index (χ4n) is 1.48. The van der Waals surface area contributed by atoms with Gasteiger partial charge in [-0.05, 0) is 36.0 Å². The molecule has 108 valence electrons. The van der Waals surface area contributed by atoms with Crippen molar-refractivity contribution in [2.24, 2.45) is 11.3 Å². The number of nitrogen functional groups attached to an aromatic ring is 1. The molecular weight excluding hydrogens is 260 g/mol. The molecule has 0 aliphatic rings. The van der Waals surface area contributed by atoms with Gasteiger partial charge in [-0.15, -0.1) is 0 Å². The molecule has 0 bridgehead atoms. The summed E-state index contributed by atoms with van der Waals surface area (Å²) in [5.41, 5.74) is 6.91. The Kier molecular flexibility index (Phi) is 4.63. The Balaban J connectivity index is 2.94. The molecule has 19 heavy (non-hydrogen) atoms. The molecular formula is C14H24N2O2S. The molecule has 0 spiro atoms. The van der Waals surface area contributed by atoms with Crippen molar-refractivity contribution in [2.45, 2.75) is 39.5 Å². The molecule has 4 nitrogen and oxygen atoms in total. The predicted molar refractivity (Wildman–Crippen MR) is 79.4 cm³/mol. The van der Waals surface area contributed by atoms with Gasteiger partial charge in [0.05, 0.1) is 5.69 Å². The summed E-state index contributed by atoms with van der Waals surface area (Å²) in [6.45, 7) is 10.5. The Hall–Kier alpha value is -1.07. The average Bonchev–Trinajstić information content (AvgIpc) is 2.26. The van der Waals surface area contributed by atoms with Crippen LogP contribution in [-0.4, -0.2) is 15.0 Å². The van der Waals surface area contributed by atoms with E-state index in [1.807, 2.05) is 20.8 Å². The third kappa shape index (κ3) is 3.94. The first-order valence-corrected chi connectivity index (χ1v) is 7.90. The van der Waals surface area contributed by atoms with Crippen LogP contribution in [0.1, 0.15) is 33.3 Å². The zero-order valence-corrected chi connectivity index (χ0v) is 13.1. The molecule has 0 unspecified atom stereocenters. The topological polar surface area (TPSA) is 72.2 Å². The van der Waals surface area contributed by atoms with Crippen LogP contribution in [0.3, 0.4) is 0 Å². The number of rotatable bonds is 5. The summed E-state index contributed by atoms with van der Waals surface area (Å²) < 4.78 is 27.1. The first kappa shape index (κ1) is 16.0. The van der Waals surface area contributed by atoms with Crippen LogP contribution in [0.5, 0.6) is 0 Å². The lowest BCUT2D eigenvalue weighted by molar-refractivity contribution is 0.252. The van der Waals surface area contributed by atoms with E-state index < -0.39 is 10.0 Å². The number of hydrogen-bond donors (Lipinski definition) is 2. The molecule has 0 amide bonds. The van der Waals surface area contributed by atoms with Gasteiger partial charge in [0.2, 0.25) is 10.0 Å². The molecule has 0 heterocycles. The van der Waals surface area contributed by atoms with E-state index in [-0.39, 0.29) is 16.0 Å². The average molecular weight is 284 g/mol. The van der Waals surface area contributed by atoms with Gasteiger partial charge in [-0.2, -0.15) is 0 Å². The maximum Gasteiger partial charge on any atom is 0.242 e. The second kappa shape index (κ2) is 5.51. The second-order valence-electron chi connectivity index (χ2n) is 6.01. The molecule has 0 radical (unpaired) electrons. The van der Waals surface area contributed by atoms with E-state index in [4.69, 9.17) is 5.73 Å². The lowest BCUT2D eigenvalue weighted by Crippen LogP contribution is -2.37. The van der Waals surface area contributed by atoms with E-state index >= 15 is 0 Å². The lowest BCUT2D eigenvalue weighted by atomic mass is 9.81. The van der Waals surface area contributed by atoms with E-state index in [0.717, 1.165) is 5.56 Å². The monoisotopic (exact) mass is 284 g/mol. The summed E-state index contributed by atoms with van der Waals surface area (Å²) in [4.78, 5) is 0.151. The van der Waals surface area contributed by atoms with Gasteiger partial charge in [0, 0.05) is 6.54 Å². The van der Waals surface area contributed by atoms with Gasteiger partial charge >= 0.3 is 0 Å². The highest BCUT2D eigenvalue weighted by atomic mass is 32.2. The van der Waals surface area contributed by atoms with E-state index in [1.54, 1.807) is 18.2 Å². The normalized spacial score (nSPS) is 12.9. The minimum atomic E-state index is -3.55. The molecule has 0 aliphatic heterocycles. The van der Waals surface area contributed by atoms with Crippen molar-refractivity contribution < 1.29 is 8.42 Å². The van der Waals surface area contributed by atoms with Gasteiger partial charge in [0.1, 0.15) is 4.90 Å². The molecule has 1 aromatic rings. The van der Waals surface area contributed by atoms with Crippen LogP contribution in [0.25, 0.3) is 0 Å². The zero-order chi connectivity index (χ0) is 14.8. The summed E-state index contributed by atoms with van der Waals surface area (Å²) in [7, 11) is -3.55. The van der Waals surface area contributed by atoms with E-state index in [1.165, 1.54) is 0 Å². The summed E-state index contributed by atoms with van der Waals surface area (Å²) in [5, 5.41) is 0. The largest absolute Gasteiger partial charge is 0.398 e. The van der Waals surface area contributed by atoms with Crippen LogP contribution in [-0.2, 0) is 10.0 Å². The molecule has 0 saturated heterocycles. The fourth-order valence-corrected chi connectivity index (χ4v) is 2.81. The molecule has 0 aromatic heterocycles. The number of nitrogens with two attached hydrogens (primary N) is 1. The van der Waals surface area contributed by atoms with Crippen molar-refractivity contribution >= 4 is 15.7 Å². The van der Waals surface area contributed by atoms with E-state index in [0.29, 0.717) is 12.5 Å². The number of hydrogen-bond acceptors (Lipinski definition) is 3. The minimum Gasteiger partial charge on any atom is -0.398 e. The number of benzene rings is 1. The van der Waals surface area contributed by atoms with Crippen molar-refractivity contribution in [2.75, 3.05) is 12.3 Å². The Morgan fingerprint density at radius 1 is 1.32 bits per heavy atom. The number of anilines is 1. The van der Waals surface area contributed by atoms with Crippen molar-refractivity contribution in [1.29, 1.82) is 0 Å². The summed E-state index contributed by atoms with van der Waals surface area (Å²) in [6.07, 6.45) is 0. The molecule has 0 atom stereocenters. The van der Waals surface area contributed by atoms with Crippen LogP contribution < -0.4 is 10.5 Å². The maximum absolute atomic E-state index is 12.2. The van der Waals surface area contributed by atoms with Crippen LogP contribution in [0.4, 0.5) is 5.69 Å². The zero-order valence-electron chi connectivity index (χ0n) is 12.3. The van der Waals surface area contributed by atoms with Crippen molar-refractivity contribution in [3.05, 3.63) is 23.8 Å². The summed E-state index contributed by atoms with van der Waals surface area (Å²) in [5.74, 6) is 0.380. The Labute approximate surface area is 116 Å². The maximum atomic E-state index is 12.2. The van der Waals surface area contributed by atoms with Crippen LogP contribution in [0.2, 0.25) is 0 Å². The predicted octanol–water partition coefficient (Wildman–Crippen LogP) is 2.54. The number of aryl methyl sites for hydroxylation is 1. The summed E-state index contributed by atoms with van der Waals surface area (Å²) in [6, 6.07) is 4.97. The second-order valence-corrected chi connectivity index (χ2v) is 7.74. The molecule has 1 aromatic carbocycles. The third-order valence-corrected chi connectivity index (χ3v) is 5.21. The van der Waals surface area contributed by atoms with Gasteiger partial charge < -0.3 is 5.73 Å². The summed E-state index contributed by atoms with van der Waals surface area (Å²) >= 11 is 0. The molecule has 1 rings (SSSR count). The highest BCUT2D eigenvalue weighted by Crippen LogP contribution is 2.26. The van der Waals surface area contributed by atoms with Crippen molar-refractivity contribution in [3.63, 3.8) is 0 Å². The Morgan fingerprint density at radius 2 is 1.89 bits per heavy atom. The van der Waals surface area contributed by atoms with E-state index in [9.17, 15) is 8.42 Å². The van der Waals surface area contributed by atoms with Crippen molar-refractivity contribution in [1.82, 2.24) is 4.72 Å². The van der Waals surface area contributed by atoms with Crippen LogP contribution >= 0.6 is 0 Å². The minimum absolute atomic E-state index is 0.105. The standard InChI is InChI=1S/C14H24N2O2S/c1-10(2)14(4,5)9-16-19(17,18)13-7-6-11(3)8-12(13)15/h6-8,10,16H,9,15H2,1-5H3. The molecule has 5 heteroatoms. The van der Waals surface area contributed by atoms with Crippen LogP contribution in [0, 0.1) is 18.3 Å². The smallest absolute Gasteiger partial charge is 0.242 e. The van der Waals surface area contributed by atoms with E-state index in [2.05, 4.69) is 18.6 Å². The molecule has 0 aliphatic carbocycles. The number of sulfonamides is 1. The Morgan fingerprint density at radius 3 is 2.37 bits per heavy atom. The SMILES string of the molecule is Cc1ccc(S(=O)(=O)NCC(C)(C)C(C)C)c(N)c1. The fraction of sp³-hybridized carbons (Fsp3) is 0.571. The quantitative estimate of drug-likeness (QED) is 0.816. The highest BCUT2D eigenvalue weighted by Gasteiger charge is 2.26.